The molecule has 2 aliphatic heterocycles. The van der Waals surface area contributed by atoms with Gasteiger partial charge in [0, 0.05) is 44.8 Å². The van der Waals surface area contributed by atoms with Gasteiger partial charge in [0.15, 0.2) is 0 Å². The number of nitrogens with zero attached hydrogens (tertiary/aromatic N) is 2. The minimum absolute atomic E-state index is 0.00747. The van der Waals surface area contributed by atoms with E-state index in [4.69, 9.17) is 0 Å². The fraction of sp³-hybridized carbons (Fsp3) is 0.871. The predicted molar refractivity (Wildman–Crippen MR) is 147 cm³/mol. The highest BCUT2D eigenvalue weighted by Crippen LogP contribution is 2.38. The molecule has 210 valence electrons. The van der Waals surface area contributed by atoms with Crippen LogP contribution in [-0.2, 0) is 19.2 Å². The topological polar surface area (TPSA) is 74.8 Å². The van der Waals surface area contributed by atoms with E-state index < -0.39 is 0 Å². The lowest BCUT2D eigenvalue weighted by Gasteiger charge is -2.31. The second-order valence-corrected chi connectivity index (χ2v) is 14.3. The SMILES string of the molecule is CC(C)(C)C1CCN(C(=O)CCCCCCC(=O)C2CCC(CN3C(=O)CC(C(C)(C)C)C3=O)CC2)C1. The number of ketones is 1. The van der Waals surface area contributed by atoms with Gasteiger partial charge in [0.25, 0.3) is 0 Å². The molecule has 1 saturated carbocycles. The van der Waals surface area contributed by atoms with Crippen LogP contribution < -0.4 is 0 Å². The van der Waals surface area contributed by atoms with Crippen LogP contribution in [0.1, 0.15) is 119 Å². The molecule has 0 spiro atoms. The van der Waals surface area contributed by atoms with E-state index in [1.54, 1.807) is 0 Å². The fourth-order valence-corrected chi connectivity index (χ4v) is 6.46. The Hall–Kier alpha value is -1.72. The van der Waals surface area contributed by atoms with Crippen molar-refractivity contribution in [3.05, 3.63) is 0 Å². The summed E-state index contributed by atoms with van der Waals surface area (Å²) in [5.41, 5.74) is 0.0766. The largest absolute Gasteiger partial charge is 0.342 e. The number of amides is 3. The number of hydrogen-bond donors (Lipinski definition) is 0. The van der Waals surface area contributed by atoms with Crippen molar-refractivity contribution >= 4 is 23.5 Å². The zero-order valence-corrected chi connectivity index (χ0v) is 24.4. The van der Waals surface area contributed by atoms with Crippen molar-refractivity contribution < 1.29 is 19.2 Å². The third-order valence-electron chi connectivity index (χ3n) is 9.36. The van der Waals surface area contributed by atoms with E-state index in [9.17, 15) is 19.2 Å². The molecule has 0 aromatic rings. The number of Topliss-reactive ketones (excluding diaryl/α,β-unsaturated/α-hetero) is 1. The van der Waals surface area contributed by atoms with E-state index in [-0.39, 0.29) is 34.5 Å². The number of imide groups is 1. The lowest BCUT2D eigenvalue weighted by Crippen LogP contribution is -2.38. The number of unbranched alkanes of at least 4 members (excludes halogenated alkanes) is 3. The van der Waals surface area contributed by atoms with Crippen molar-refractivity contribution in [1.29, 1.82) is 0 Å². The Morgan fingerprint density at radius 3 is 1.97 bits per heavy atom. The zero-order valence-electron chi connectivity index (χ0n) is 24.4. The fourth-order valence-electron chi connectivity index (χ4n) is 6.46. The molecule has 2 saturated heterocycles. The van der Waals surface area contributed by atoms with E-state index in [0.29, 0.717) is 49.3 Å². The number of carbonyl (C=O) groups is 4. The van der Waals surface area contributed by atoms with E-state index in [1.165, 1.54) is 4.90 Å². The lowest BCUT2D eigenvalue weighted by atomic mass is 9.78. The first-order valence-corrected chi connectivity index (χ1v) is 14.9. The first-order chi connectivity index (χ1) is 17.3. The van der Waals surface area contributed by atoms with Crippen LogP contribution in [0.4, 0.5) is 0 Å². The van der Waals surface area contributed by atoms with E-state index >= 15 is 0 Å². The van der Waals surface area contributed by atoms with Gasteiger partial charge in [-0.2, -0.15) is 0 Å². The first kappa shape index (κ1) is 29.8. The maximum Gasteiger partial charge on any atom is 0.233 e. The molecular formula is C31H52N2O4. The maximum absolute atomic E-state index is 12.8. The monoisotopic (exact) mass is 516 g/mol. The van der Waals surface area contributed by atoms with Crippen LogP contribution in [-0.4, -0.2) is 52.9 Å². The minimum atomic E-state index is -0.211. The molecule has 6 nitrogen and oxygen atoms in total. The quantitative estimate of drug-likeness (QED) is 0.263. The van der Waals surface area contributed by atoms with Gasteiger partial charge in [-0.15, -0.1) is 0 Å². The van der Waals surface area contributed by atoms with Gasteiger partial charge in [-0.25, -0.2) is 0 Å². The summed E-state index contributed by atoms with van der Waals surface area (Å²) in [7, 11) is 0. The maximum atomic E-state index is 12.8. The third-order valence-corrected chi connectivity index (χ3v) is 9.36. The number of hydrogen-bond acceptors (Lipinski definition) is 4. The van der Waals surface area contributed by atoms with E-state index in [1.807, 2.05) is 25.7 Å². The van der Waals surface area contributed by atoms with Gasteiger partial charge in [0.05, 0.1) is 5.92 Å². The van der Waals surface area contributed by atoms with Crippen LogP contribution in [0.5, 0.6) is 0 Å². The van der Waals surface area contributed by atoms with Crippen molar-refractivity contribution in [3.8, 4) is 0 Å². The Labute approximate surface area is 225 Å². The van der Waals surface area contributed by atoms with Gasteiger partial charge in [0.1, 0.15) is 5.78 Å². The summed E-state index contributed by atoms with van der Waals surface area (Å²) >= 11 is 0. The van der Waals surface area contributed by atoms with E-state index in [0.717, 1.165) is 70.9 Å². The van der Waals surface area contributed by atoms with Crippen LogP contribution in [0.3, 0.4) is 0 Å². The normalized spacial score (nSPS) is 27.3. The molecule has 3 rings (SSSR count). The molecule has 0 bridgehead atoms. The van der Waals surface area contributed by atoms with Crippen LogP contribution in [0, 0.1) is 34.5 Å². The average molecular weight is 517 g/mol. The minimum Gasteiger partial charge on any atom is -0.342 e. The number of rotatable bonds is 10. The Bertz CT molecular complexity index is 829. The Kier molecular flexibility index (Phi) is 10.0. The molecular weight excluding hydrogens is 464 g/mol. The first-order valence-electron chi connectivity index (χ1n) is 14.9. The summed E-state index contributed by atoms with van der Waals surface area (Å²) in [4.78, 5) is 54.1. The third kappa shape index (κ3) is 8.13. The smallest absolute Gasteiger partial charge is 0.233 e. The van der Waals surface area contributed by atoms with Crippen LogP contribution in [0.15, 0.2) is 0 Å². The molecule has 0 N–H and O–H groups in total. The molecule has 37 heavy (non-hydrogen) atoms. The van der Waals surface area contributed by atoms with Crippen molar-refractivity contribution in [2.45, 2.75) is 119 Å². The highest BCUT2D eigenvalue weighted by Gasteiger charge is 2.45. The summed E-state index contributed by atoms with van der Waals surface area (Å²) in [6.07, 6.45) is 10.2. The van der Waals surface area contributed by atoms with Crippen LogP contribution in [0.25, 0.3) is 0 Å². The van der Waals surface area contributed by atoms with Gasteiger partial charge >= 0.3 is 0 Å². The molecule has 1 aliphatic carbocycles. The Balaban J connectivity index is 1.26. The number of likely N-dealkylation sites (tertiary alicyclic amines) is 2. The molecule has 3 amide bonds. The average Bonchev–Trinajstić information content (AvgIpc) is 3.43. The second kappa shape index (κ2) is 12.4. The molecule has 0 aromatic heterocycles. The summed E-state index contributed by atoms with van der Waals surface area (Å²) in [6.45, 7) is 15.2. The van der Waals surface area contributed by atoms with Crippen molar-refractivity contribution in [2.24, 2.45) is 34.5 Å². The summed E-state index contributed by atoms with van der Waals surface area (Å²) in [5.74, 6) is 1.48. The van der Waals surface area contributed by atoms with Crippen molar-refractivity contribution in [3.63, 3.8) is 0 Å². The summed E-state index contributed by atoms with van der Waals surface area (Å²) < 4.78 is 0. The lowest BCUT2D eigenvalue weighted by molar-refractivity contribution is -0.141. The standard InChI is InChI=1S/C31H52N2O4/c1-30(2,3)24-17-18-32(21-24)27(35)12-10-8-7-9-11-26(34)23-15-13-22(14-16-23)20-33-28(36)19-25(29(33)37)31(4,5)6/h22-25H,7-21H2,1-6H3. The second-order valence-electron chi connectivity index (χ2n) is 14.3. The highest BCUT2D eigenvalue weighted by atomic mass is 16.2. The van der Waals surface area contributed by atoms with Gasteiger partial charge < -0.3 is 4.90 Å². The molecule has 0 radical (unpaired) electrons. The Morgan fingerprint density at radius 1 is 0.811 bits per heavy atom. The predicted octanol–water partition coefficient (Wildman–Crippen LogP) is 6.02. The molecule has 2 heterocycles. The molecule has 2 atom stereocenters. The van der Waals surface area contributed by atoms with Crippen LogP contribution in [0.2, 0.25) is 0 Å². The van der Waals surface area contributed by atoms with Gasteiger partial charge in [0.2, 0.25) is 17.7 Å². The highest BCUT2D eigenvalue weighted by molar-refractivity contribution is 6.03. The summed E-state index contributed by atoms with van der Waals surface area (Å²) in [5, 5.41) is 0. The number of carbonyl (C=O) groups excluding carboxylic acids is 4. The van der Waals surface area contributed by atoms with Gasteiger partial charge in [-0.05, 0) is 67.6 Å². The van der Waals surface area contributed by atoms with Crippen molar-refractivity contribution in [2.75, 3.05) is 19.6 Å². The molecule has 3 aliphatic rings. The molecule has 3 fully saturated rings. The van der Waals surface area contributed by atoms with Crippen LogP contribution >= 0.6 is 0 Å². The zero-order chi connectivity index (χ0) is 27.4. The molecule has 0 aromatic carbocycles. The molecule has 2 unspecified atom stereocenters. The van der Waals surface area contributed by atoms with Crippen molar-refractivity contribution in [1.82, 2.24) is 9.80 Å². The Morgan fingerprint density at radius 2 is 1.43 bits per heavy atom. The van der Waals surface area contributed by atoms with Gasteiger partial charge in [-0.1, -0.05) is 54.4 Å². The molecule has 6 heteroatoms. The van der Waals surface area contributed by atoms with E-state index in [2.05, 4.69) is 20.8 Å². The summed E-state index contributed by atoms with van der Waals surface area (Å²) in [6, 6.07) is 0. The van der Waals surface area contributed by atoms with Gasteiger partial charge in [-0.3, -0.25) is 24.1 Å².